The summed E-state index contributed by atoms with van der Waals surface area (Å²) < 4.78 is 26.4. The molecule has 1 aromatic heterocycles. The Bertz CT molecular complexity index is 1190. The topological polar surface area (TPSA) is 78.3 Å². The molecule has 4 aromatic rings. The number of amides is 1. The zero-order valence-corrected chi connectivity index (χ0v) is 18.8. The van der Waals surface area contributed by atoms with E-state index in [2.05, 4.69) is 31.3 Å². The molecule has 0 saturated heterocycles. The van der Waals surface area contributed by atoms with Gasteiger partial charge in [-0.15, -0.1) is 5.10 Å². The van der Waals surface area contributed by atoms with Crippen LogP contribution in [0.2, 0.25) is 0 Å². The zero-order valence-electron chi connectivity index (χ0n) is 17.2. The molecule has 0 aliphatic heterocycles. The number of halogens is 2. The SMILES string of the molecule is COc1ccc(OC)c(NC(=O)c2nc(-c3ccc(F)cc3)n(-c3ccc(Br)cc3)n2)c1. The van der Waals surface area contributed by atoms with E-state index in [1.165, 1.54) is 31.0 Å². The number of carbonyl (C=O) groups excluding carboxylic acids is 1. The summed E-state index contributed by atoms with van der Waals surface area (Å²) >= 11 is 3.41. The van der Waals surface area contributed by atoms with Crippen molar-refractivity contribution in [3.8, 4) is 28.6 Å². The fourth-order valence-corrected chi connectivity index (χ4v) is 3.31. The van der Waals surface area contributed by atoms with Crippen molar-refractivity contribution in [1.82, 2.24) is 14.8 Å². The third kappa shape index (κ3) is 4.47. The van der Waals surface area contributed by atoms with Gasteiger partial charge in [-0.05, 0) is 60.7 Å². The van der Waals surface area contributed by atoms with E-state index in [4.69, 9.17) is 9.47 Å². The predicted molar refractivity (Wildman–Crippen MR) is 122 cm³/mol. The molecule has 7 nitrogen and oxygen atoms in total. The van der Waals surface area contributed by atoms with E-state index in [1.54, 1.807) is 30.3 Å². The van der Waals surface area contributed by atoms with E-state index in [0.717, 1.165) is 4.47 Å². The lowest BCUT2D eigenvalue weighted by molar-refractivity contribution is 0.101. The van der Waals surface area contributed by atoms with Crippen LogP contribution in [0.1, 0.15) is 10.6 Å². The average molecular weight is 497 g/mol. The molecule has 0 atom stereocenters. The Balaban J connectivity index is 1.75. The quantitative estimate of drug-likeness (QED) is 0.401. The lowest BCUT2D eigenvalue weighted by Gasteiger charge is -2.10. The molecule has 0 radical (unpaired) electrons. The maximum absolute atomic E-state index is 13.4. The molecule has 0 aliphatic rings. The molecule has 1 amide bonds. The molecule has 1 heterocycles. The highest BCUT2D eigenvalue weighted by molar-refractivity contribution is 9.10. The van der Waals surface area contributed by atoms with Gasteiger partial charge in [0.05, 0.1) is 25.6 Å². The van der Waals surface area contributed by atoms with Crippen LogP contribution in [0, 0.1) is 5.82 Å². The van der Waals surface area contributed by atoms with Crippen molar-refractivity contribution in [2.75, 3.05) is 19.5 Å². The number of aromatic nitrogens is 3. The fourth-order valence-electron chi connectivity index (χ4n) is 3.05. The first kappa shape index (κ1) is 21.5. The first-order valence-corrected chi connectivity index (χ1v) is 10.3. The van der Waals surface area contributed by atoms with Crippen molar-refractivity contribution in [2.24, 2.45) is 0 Å². The van der Waals surface area contributed by atoms with Crippen molar-refractivity contribution < 1.29 is 18.7 Å². The van der Waals surface area contributed by atoms with Crippen molar-refractivity contribution in [3.05, 3.63) is 82.8 Å². The third-order valence-corrected chi connectivity index (χ3v) is 5.17. The van der Waals surface area contributed by atoms with E-state index in [9.17, 15) is 9.18 Å². The monoisotopic (exact) mass is 496 g/mol. The van der Waals surface area contributed by atoms with E-state index < -0.39 is 5.91 Å². The van der Waals surface area contributed by atoms with Gasteiger partial charge >= 0.3 is 0 Å². The number of nitrogens with one attached hydrogen (secondary N) is 1. The van der Waals surface area contributed by atoms with Crippen molar-refractivity contribution >= 4 is 27.5 Å². The van der Waals surface area contributed by atoms with Crippen LogP contribution in [0.25, 0.3) is 17.1 Å². The molecular weight excluding hydrogens is 479 g/mol. The van der Waals surface area contributed by atoms with E-state index >= 15 is 0 Å². The molecule has 162 valence electrons. The van der Waals surface area contributed by atoms with Crippen molar-refractivity contribution in [3.63, 3.8) is 0 Å². The van der Waals surface area contributed by atoms with E-state index in [0.29, 0.717) is 34.3 Å². The van der Waals surface area contributed by atoms with Gasteiger partial charge in [0, 0.05) is 16.1 Å². The molecule has 0 bridgehead atoms. The molecular formula is C23H18BrFN4O3. The Labute approximate surface area is 191 Å². The number of methoxy groups -OCH3 is 2. The normalized spacial score (nSPS) is 10.6. The van der Waals surface area contributed by atoms with Crippen LogP contribution in [-0.2, 0) is 0 Å². The second-order valence-corrected chi connectivity index (χ2v) is 7.59. The summed E-state index contributed by atoms with van der Waals surface area (Å²) in [5.41, 5.74) is 1.72. The standard InChI is InChI=1S/C23H18BrFN4O3/c1-31-18-11-12-20(32-2)19(13-18)26-23(30)21-27-22(14-3-7-16(25)8-4-14)29(28-21)17-9-5-15(24)6-10-17/h3-13H,1-2H3,(H,26,30). The summed E-state index contributed by atoms with van der Waals surface area (Å²) in [6.45, 7) is 0. The number of nitrogens with zero attached hydrogens (tertiary/aromatic N) is 3. The lowest BCUT2D eigenvalue weighted by Crippen LogP contribution is -2.15. The van der Waals surface area contributed by atoms with Gasteiger partial charge in [-0.1, -0.05) is 15.9 Å². The Hall–Kier alpha value is -3.72. The zero-order chi connectivity index (χ0) is 22.7. The van der Waals surface area contributed by atoms with Gasteiger partial charge in [-0.2, -0.15) is 0 Å². The number of hydrogen-bond donors (Lipinski definition) is 1. The minimum atomic E-state index is -0.532. The van der Waals surface area contributed by atoms with Crippen LogP contribution in [-0.4, -0.2) is 34.9 Å². The predicted octanol–water partition coefficient (Wildman–Crippen LogP) is 5.11. The summed E-state index contributed by atoms with van der Waals surface area (Å²) in [6, 6.07) is 18.3. The molecule has 0 fully saturated rings. The number of ether oxygens (including phenoxy) is 2. The maximum atomic E-state index is 13.4. The first-order chi connectivity index (χ1) is 15.5. The second-order valence-electron chi connectivity index (χ2n) is 6.67. The summed E-state index contributed by atoms with van der Waals surface area (Å²) in [5, 5.41) is 7.18. The van der Waals surface area contributed by atoms with Gasteiger partial charge in [-0.25, -0.2) is 14.1 Å². The number of rotatable bonds is 6. The minimum absolute atomic E-state index is 0.0582. The molecule has 0 unspecified atom stereocenters. The van der Waals surface area contributed by atoms with Gasteiger partial charge in [0.2, 0.25) is 5.82 Å². The number of carbonyl (C=O) groups is 1. The van der Waals surface area contributed by atoms with Gasteiger partial charge in [0.25, 0.3) is 5.91 Å². The summed E-state index contributed by atoms with van der Waals surface area (Å²) in [5.74, 6) is 0.459. The molecule has 4 rings (SSSR count). The highest BCUT2D eigenvalue weighted by Gasteiger charge is 2.20. The summed E-state index contributed by atoms with van der Waals surface area (Å²) in [4.78, 5) is 17.4. The number of benzene rings is 3. The number of anilines is 1. The van der Waals surface area contributed by atoms with Gasteiger partial charge in [0.15, 0.2) is 5.82 Å². The lowest BCUT2D eigenvalue weighted by atomic mass is 10.2. The second kappa shape index (κ2) is 9.19. The Morgan fingerprint density at radius 2 is 1.72 bits per heavy atom. The first-order valence-electron chi connectivity index (χ1n) is 9.51. The van der Waals surface area contributed by atoms with Crippen LogP contribution in [0.3, 0.4) is 0 Å². The Morgan fingerprint density at radius 3 is 2.38 bits per heavy atom. The van der Waals surface area contributed by atoms with Crippen LogP contribution < -0.4 is 14.8 Å². The largest absolute Gasteiger partial charge is 0.497 e. The van der Waals surface area contributed by atoms with Crippen molar-refractivity contribution in [1.29, 1.82) is 0 Å². The molecule has 32 heavy (non-hydrogen) atoms. The van der Waals surface area contributed by atoms with Crippen LogP contribution in [0.15, 0.2) is 71.2 Å². The van der Waals surface area contributed by atoms with E-state index in [-0.39, 0.29) is 11.6 Å². The fraction of sp³-hybridized carbons (Fsp3) is 0.0870. The molecule has 3 aromatic carbocycles. The smallest absolute Gasteiger partial charge is 0.295 e. The number of hydrogen-bond acceptors (Lipinski definition) is 5. The Morgan fingerprint density at radius 1 is 1.00 bits per heavy atom. The average Bonchev–Trinajstić information content (AvgIpc) is 3.25. The minimum Gasteiger partial charge on any atom is -0.497 e. The van der Waals surface area contributed by atoms with E-state index in [1.807, 2.05) is 24.3 Å². The molecule has 0 saturated carbocycles. The highest BCUT2D eigenvalue weighted by Crippen LogP contribution is 2.29. The maximum Gasteiger partial charge on any atom is 0.295 e. The van der Waals surface area contributed by atoms with Crippen LogP contribution >= 0.6 is 15.9 Å². The summed E-state index contributed by atoms with van der Waals surface area (Å²) in [7, 11) is 3.04. The summed E-state index contributed by atoms with van der Waals surface area (Å²) in [6.07, 6.45) is 0. The molecule has 1 N–H and O–H groups in total. The molecule has 0 aliphatic carbocycles. The van der Waals surface area contributed by atoms with Gasteiger partial charge in [0.1, 0.15) is 17.3 Å². The van der Waals surface area contributed by atoms with Crippen molar-refractivity contribution in [2.45, 2.75) is 0 Å². The highest BCUT2D eigenvalue weighted by atomic mass is 79.9. The van der Waals surface area contributed by atoms with Gasteiger partial charge < -0.3 is 14.8 Å². The Kier molecular flexibility index (Phi) is 6.18. The van der Waals surface area contributed by atoms with Crippen LogP contribution in [0.5, 0.6) is 11.5 Å². The molecule has 0 spiro atoms. The van der Waals surface area contributed by atoms with Gasteiger partial charge in [-0.3, -0.25) is 4.79 Å². The third-order valence-electron chi connectivity index (χ3n) is 4.64. The molecule has 9 heteroatoms. The van der Waals surface area contributed by atoms with Crippen LogP contribution in [0.4, 0.5) is 10.1 Å².